The molecular formula is C16H20BrFO3. The Bertz CT molecular complexity index is 525. The van der Waals surface area contributed by atoms with Crippen LogP contribution in [0.25, 0.3) is 0 Å². The molecule has 0 saturated heterocycles. The largest absolute Gasteiger partial charge is 0.496 e. The number of Topliss-reactive ketones (excluding diaryl/α,β-unsaturated/α-hetero) is 1. The van der Waals surface area contributed by atoms with Crippen LogP contribution in [-0.2, 0) is 0 Å². The lowest BCUT2D eigenvalue weighted by molar-refractivity contribution is 0.0942. The van der Waals surface area contributed by atoms with E-state index in [2.05, 4.69) is 15.9 Å². The van der Waals surface area contributed by atoms with E-state index in [0.29, 0.717) is 18.1 Å². The monoisotopic (exact) mass is 358 g/mol. The van der Waals surface area contributed by atoms with Gasteiger partial charge in [0.2, 0.25) is 0 Å². The highest BCUT2D eigenvalue weighted by atomic mass is 79.9. The van der Waals surface area contributed by atoms with E-state index in [1.54, 1.807) is 6.07 Å². The van der Waals surface area contributed by atoms with Gasteiger partial charge in [-0.2, -0.15) is 0 Å². The van der Waals surface area contributed by atoms with Gasteiger partial charge in [-0.3, -0.25) is 4.79 Å². The van der Waals surface area contributed by atoms with Gasteiger partial charge in [-0.05, 0) is 21.8 Å². The van der Waals surface area contributed by atoms with Crippen LogP contribution in [0.4, 0.5) is 4.39 Å². The van der Waals surface area contributed by atoms with E-state index in [-0.39, 0.29) is 21.6 Å². The van der Waals surface area contributed by atoms with Gasteiger partial charge in [-0.25, -0.2) is 4.39 Å². The lowest BCUT2D eigenvalue weighted by Crippen LogP contribution is -2.14. The number of rotatable bonds is 5. The average Bonchev–Trinajstić information content (AvgIpc) is 2.50. The molecule has 0 radical (unpaired) electrons. The first-order valence-electron chi connectivity index (χ1n) is 7.21. The van der Waals surface area contributed by atoms with Crippen molar-refractivity contribution in [3.8, 4) is 11.5 Å². The van der Waals surface area contributed by atoms with Gasteiger partial charge < -0.3 is 9.47 Å². The second kappa shape index (κ2) is 7.25. The minimum atomic E-state index is -0.605. The minimum absolute atomic E-state index is 0.0238. The molecule has 1 saturated carbocycles. The second-order valence-electron chi connectivity index (χ2n) is 5.42. The van der Waals surface area contributed by atoms with Crippen LogP contribution in [0.1, 0.15) is 48.9 Å². The zero-order valence-electron chi connectivity index (χ0n) is 12.4. The van der Waals surface area contributed by atoms with Crippen LogP contribution < -0.4 is 9.47 Å². The molecule has 3 nitrogen and oxygen atoms in total. The maximum Gasteiger partial charge on any atom is 0.169 e. The zero-order chi connectivity index (χ0) is 15.4. The number of halogens is 2. The molecule has 21 heavy (non-hydrogen) atoms. The Morgan fingerprint density at radius 2 is 1.86 bits per heavy atom. The van der Waals surface area contributed by atoms with Crippen molar-refractivity contribution in [2.45, 2.75) is 38.5 Å². The molecule has 0 heterocycles. The predicted molar refractivity (Wildman–Crippen MR) is 82.7 cm³/mol. The summed E-state index contributed by atoms with van der Waals surface area (Å²) >= 11 is 3.14. The molecule has 1 aromatic carbocycles. The fraction of sp³-hybridized carbons (Fsp3) is 0.562. The Balaban J connectivity index is 2.28. The van der Waals surface area contributed by atoms with E-state index in [1.165, 1.54) is 20.6 Å². The van der Waals surface area contributed by atoms with Gasteiger partial charge in [0.05, 0.1) is 24.3 Å². The number of hydrogen-bond acceptors (Lipinski definition) is 3. The molecule has 116 valence electrons. The third-order valence-electron chi connectivity index (χ3n) is 4.05. The summed E-state index contributed by atoms with van der Waals surface area (Å²) in [5.74, 6) is 0.106. The molecular weight excluding hydrogens is 339 g/mol. The molecule has 0 atom stereocenters. The van der Waals surface area contributed by atoms with Crippen molar-refractivity contribution < 1.29 is 18.7 Å². The van der Waals surface area contributed by atoms with Crippen LogP contribution in [0.15, 0.2) is 10.5 Å². The summed E-state index contributed by atoms with van der Waals surface area (Å²) in [5, 5.41) is 0. The number of carbonyl (C=O) groups is 1. The van der Waals surface area contributed by atoms with Crippen molar-refractivity contribution >= 4 is 21.7 Å². The summed E-state index contributed by atoms with van der Waals surface area (Å²) in [6, 6.07) is 1.54. The van der Waals surface area contributed by atoms with Crippen LogP contribution in [-0.4, -0.2) is 20.0 Å². The van der Waals surface area contributed by atoms with Crippen molar-refractivity contribution in [1.82, 2.24) is 0 Å². The SMILES string of the molecule is COc1cc(OC)c(C(=O)CC2CCCCC2)c(F)c1Br. The number of ether oxygens (including phenoxy) is 2. The zero-order valence-corrected chi connectivity index (χ0v) is 14.0. The van der Waals surface area contributed by atoms with Gasteiger partial charge in [0, 0.05) is 12.5 Å². The number of hydrogen-bond donors (Lipinski definition) is 0. The molecule has 0 aromatic heterocycles. The van der Waals surface area contributed by atoms with Crippen molar-refractivity contribution in [3.63, 3.8) is 0 Å². The molecule has 1 aliphatic carbocycles. The Morgan fingerprint density at radius 3 is 2.43 bits per heavy atom. The average molecular weight is 359 g/mol. The number of ketones is 1. The number of carbonyl (C=O) groups excluding carboxylic acids is 1. The van der Waals surface area contributed by atoms with E-state index < -0.39 is 5.82 Å². The van der Waals surface area contributed by atoms with Gasteiger partial charge in [0.15, 0.2) is 11.6 Å². The second-order valence-corrected chi connectivity index (χ2v) is 6.21. The van der Waals surface area contributed by atoms with Crippen LogP contribution >= 0.6 is 15.9 Å². The van der Waals surface area contributed by atoms with Crippen LogP contribution in [0.5, 0.6) is 11.5 Å². The highest BCUT2D eigenvalue weighted by molar-refractivity contribution is 9.10. The third kappa shape index (κ3) is 3.57. The summed E-state index contributed by atoms with van der Waals surface area (Å²) in [6.07, 6.45) is 6.02. The topological polar surface area (TPSA) is 35.5 Å². The summed E-state index contributed by atoms with van der Waals surface area (Å²) in [4.78, 5) is 12.5. The molecule has 1 aliphatic rings. The van der Waals surface area contributed by atoms with Crippen molar-refractivity contribution in [2.75, 3.05) is 14.2 Å². The van der Waals surface area contributed by atoms with Gasteiger partial charge in [-0.1, -0.05) is 32.1 Å². The van der Waals surface area contributed by atoms with Crippen LogP contribution in [0.2, 0.25) is 0 Å². The fourth-order valence-electron chi connectivity index (χ4n) is 2.91. The maximum absolute atomic E-state index is 14.5. The molecule has 1 aromatic rings. The number of benzene rings is 1. The normalized spacial score (nSPS) is 15.8. The first-order chi connectivity index (χ1) is 10.1. The Morgan fingerprint density at radius 1 is 1.24 bits per heavy atom. The first-order valence-corrected chi connectivity index (χ1v) is 8.01. The lowest BCUT2D eigenvalue weighted by Gasteiger charge is -2.21. The van der Waals surface area contributed by atoms with Gasteiger partial charge in [0.1, 0.15) is 11.5 Å². The summed E-state index contributed by atoms with van der Waals surface area (Å²) in [5.41, 5.74) is 0.0238. The summed E-state index contributed by atoms with van der Waals surface area (Å²) < 4.78 is 24.9. The Labute approximate surface area is 132 Å². The quantitative estimate of drug-likeness (QED) is 0.711. The van der Waals surface area contributed by atoms with Crippen LogP contribution in [0, 0.1) is 11.7 Å². The van der Waals surface area contributed by atoms with Gasteiger partial charge >= 0.3 is 0 Å². The molecule has 0 amide bonds. The molecule has 0 N–H and O–H groups in total. The molecule has 0 bridgehead atoms. The molecule has 5 heteroatoms. The molecule has 1 fully saturated rings. The van der Waals surface area contributed by atoms with E-state index in [1.807, 2.05) is 0 Å². The lowest BCUT2D eigenvalue weighted by atomic mass is 9.84. The van der Waals surface area contributed by atoms with Gasteiger partial charge in [0.25, 0.3) is 0 Å². The minimum Gasteiger partial charge on any atom is -0.496 e. The number of methoxy groups -OCH3 is 2. The van der Waals surface area contributed by atoms with Gasteiger partial charge in [-0.15, -0.1) is 0 Å². The third-order valence-corrected chi connectivity index (χ3v) is 4.79. The molecule has 0 spiro atoms. The first kappa shape index (κ1) is 16.3. The molecule has 0 aliphatic heterocycles. The van der Waals surface area contributed by atoms with Crippen molar-refractivity contribution in [3.05, 3.63) is 21.9 Å². The maximum atomic E-state index is 14.5. The fourth-order valence-corrected chi connectivity index (χ4v) is 3.38. The molecule has 2 rings (SSSR count). The van der Waals surface area contributed by atoms with Crippen molar-refractivity contribution in [2.24, 2.45) is 5.92 Å². The van der Waals surface area contributed by atoms with Crippen molar-refractivity contribution in [1.29, 1.82) is 0 Å². The van der Waals surface area contributed by atoms with E-state index in [0.717, 1.165) is 25.7 Å². The Hall–Kier alpha value is -1.10. The highest BCUT2D eigenvalue weighted by Gasteiger charge is 2.26. The standard InChI is InChI=1S/C16H20BrFO3/c1-20-12-9-13(21-2)15(17)16(18)14(12)11(19)8-10-6-4-3-5-7-10/h9-10H,3-8H2,1-2H3. The summed E-state index contributed by atoms with van der Waals surface area (Å²) in [7, 11) is 2.88. The smallest absolute Gasteiger partial charge is 0.169 e. The Kier molecular flexibility index (Phi) is 5.62. The molecule has 0 unspecified atom stereocenters. The van der Waals surface area contributed by atoms with E-state index in [9.17, 15) is 9.18 Å². The highest BCUT2D eigenvalue weighted by Crippen LogP contribution is 2.38. The summed E-state index contributed by atoms with van der Waals surface area (Å²) in [6.45, 7) is 0. The van der Waals surface area contributed by atoms with Crippen LogP contribution in [0.3, 0.4) is 0 Å². The van der Waals surface area contributed by atoms with E-state index >= 15 is 0 Å². The van der Waals surface area contributed by atoms with E-state index in [4.69, 9.17) is 9.47 Å². The predicted octanol–water partition coefficient (Wildman–Crippen LogP) is 4.76.